The lowest BCUT2D eigenvalue weighted by atomic mass is 10.1. The summed E-state index contributed by atoms with van der Waals surface area (Å²) in [6, 6.07) is 0. The second kappa shape index (κ2) is 7.63. The summed E-state index contributed by atoms with van der Waals surface area (Å²) in [6.45, 7) is 4.66. The van der Waals surface area contributed by atoms with Crippen molar-refractivity contribution in [3.8, 4) is 0 Å². The third kappa shape index (κ3) is 4.10. The summed E-state index contributed by atoms with van der Waals surface area (Å²) in [5.41, 5.74) is 0. The maximum absolute atomic E-state index is 12.1. The maximum atomic E-state index is 12.1. The second-order valence-corrected chi connectivity index (χ2v) is 4.32. The van der Waals surface area contributed by atoms with E-state index in [0.717, 1.165) is 32.2 Å². The van der Waals surface area contributed by atoms with Crippen molar-refractivity contribution >= 4 is 5.91 Å². The summed E-state index contributed by atoms with van der Waals surface area (Å²) in [5, 5.41) is 8.96. The lowest BCUT2D eigenvalue weighted by molar-refractivity contribution is -0.136. The summed E-state index contributed by atoms with van der Waals surface area (Å²) in [7, 11) is 0. The number of hydrogen-bond acceptors (Lipinski definition) is 3. The molecule has 1 heterocycles. The zero-order chi connectivity index (χ0) is 11.8. The third-order valence-corrected chi connectivity index (χ3v) is 2.99. The number of carbonyl (C=O) groups excluding carboxylic acids is 1. The fourth-order valence-electron chi connectivity index (χ4n) is 1.99. The molecule has 0 radical (unpaired) electrons. The Hall–Kier alpha value is -0.610. The monoisotopic (exact) mass is 229 g/mol. The molecule has 1 aliphatic rings. The van der Waals surface area contributed by atoms with Crippen molar-refractivity contribution < 1.29 is 14.6 Å². The molecule has 1 saturated heterocycles. The molecule has 1 N–H and O–H groups in total. The molecule has 1 rings (SSSR count). The fraction of sp³-hybridized carbons (Fsp3) is 0.917. The van der Waals surface area contributed by atoms with E-state index >= 15 is 0 Å². The zero-order valence-corrected chi connectivity index (χ0v) is 10.2. The van der Waals surface area contributed by atoms with Gasteiger partial charge in [-0.25, -0.2) is 0 Å². The van der Waals surface area contributed by atoms with Gasteiger partial charge in [-0.2, -0.15) is 0 Å². The first-order valence-corrected chi connectivity index (χ1v) is 6.27. The molecular formula is C12H23NO3. The molecular weight excluding hydrogens is 206 g/mol. The minimum absolute atomic E-state index is 0.0215. The van der Waals surface area contributed by atoms with Crippen LogP contribution < -0.4 is 0 Å². The predicted molar refractivity (Wildman–Crippen MR) is 62.1 cm³/mol. The van der Waals surface area contributed by atoms with E-state index in [1.165, 1.54) is 0 Å². The van der Waals surface area contributed by atoms with Gasteiger partial charge < -0.3 is 14.7 Å². The van der Waals surface area contributed by atoms with E-state index in [1.807, 2.05) is 0 Å². The van der Waals surface area contributed by atoms with E-state index in [1.54, 1.807) is 4.90 Å². The molecule has 16 heavy (non-hydrogen) atoms. The summed E-state index contributed by atoms with van der Waals surface area (Å²) in [6.07, 6.45) is 4.13. The average molecular weight is 229 g/mol. The Kier molecular flexibility index (Phi) is 6.42. The van der Waals surface area contributed by atoms with Crippen LogP contribution in [0.5, 0.6) is 0 Å². The van der Waals surface area contributed by atoms with Crippen LogP contribution in [0.15, 0.2) is 0 Å². The number of ether oxygens (including phenoxy) is 1. The molecule has 0 aromatic carbocycles. The summed E-state index contributed by atoms with van der Waals surface area (Å²) >= 11 is 0. The number of aliphatic hydroxyl groups excluding tert-OH is 1. The number of aliphatic hydroxyl groups is 1. The minimum atomic E-state index is 0.0215. The number of amides is 1. The highest BCUT2D eigenvalue weighted by molar-refractivity contribution is 5.79. The van der Waals surface area contributed by atoms with Crippen molar-refractivity contribution in [3.63, 3.8) is 0 Å². The van der Waals surface area contributed by atoms with Crippen LogP contribution in [0.4, 0.5) is 0 Å². The highest BCUT2D eigenvalue weighted by Crippen LogP contribution is 2.16. The second-order valence-electron chi connectivity index (χ2n) is 4.32. The van der Waals surface area contributed by atoms with Crippen molar-refractivity contribution in [3.05, 3.63) is 0 Å². The van der Waals surface area contributed by atoms with Crippen LogP contribution in [-0.4, -0.2) is 48.8 Å². The van der Waals surface area contributed by atoms with Crippen LogP contribution in [0.2, 0.25) is 0 Å². The summed E-state index contributed by atoms with van der Waals surface area (Å²) in [5.74, 6) is 0.177. The Morgan fingerprint density at radius 3 is 2.81 bits per heavy atom. The first-order valence-electron chi connectivity index (χ1n) is 6.27. The van der Waals surface area contributed by atoms with Crippen molar-refractivity contribution in [2.24, 2.45) is 5.92 Å². The van der Waals surface area contributed by atoms with E-state index < -0.39 is 0 Å². The normalized spacial score (nSPS) is 20.0. The van der Waals surface area contributed by atoms with Crippen LogP contribution in [0.3, 0.4) is 0 Å². The molecule has 4 nitrogen and oxygen atoms in total. The van der Waals surface area contributed by atoms with Crippen LogP contribution in [-0.2, 0) is 9.53 Å². The van der Waals surface area contributed by atoms with Gasteiger partial charge in [-0.15, -0.1) is 0 Å². The number of hydrogen-bond donors (Lipinski definition) is 1. The zero-order valence-electron chi connectivity index (χ0n) is 10.2. The van der Waals surface area contributed by atoms with Gasteiger partial charge in [0.2, 0.25) is 5.91 Å². The van der Waals surface area contributed by atoms with Crippen LogP contribution >= 0.6 is 0 Å². The quantitative estimate of drug-likeness (QED) is 0.663. The Morgan fingerprint density at radius 1 is 1.44 bits per heavy atom. The molecule has 1 atom stereocenters. The average Bonchev–Trinajstić information content (AvgIpc) is 2.81. The Labute approximate surface area is 97.6 Å². The SMILES string of the molecule is CCCCCN(CCO)C(=O)C1CCOC1. The molecule has 0 bridgehead atoms. The highest BCUT2D eigenvalue weighted by atomic mass is 16.5. The molecule has 1 aliphatic heterocycles. The van der Waals surface area contributed by atoms with Gasteiger partial charge in [0.25, 0.3) is 0 Å². The molecule has 1 fully saturated rings. The van der Waals surface area contributed by atoms with Gasteiger partial charge in [0.05, 0.1) is 19.1 Å². The van der Waals surface area contributed by atoms with Crippen molar-refractivity contribution in [2.45, 2.75) is 32.6 Å². The van der Waals surface area contributed by atoms with E-state index in [2.05, 4.69) is 6.92 Å². The van der Waals surface area contributed by atoms with E-state index in [-0.39, 0.29) is 18.4 Å². The summed E-state index contributed by atoms with van der Waals surface area (Å²) < 4.78 is 5.22. The molecule has 4 heteroatoms. The van der Waals surface area contributed by atoms with E-state index in [9.17, 15) is 4.79 Å². The maximum Gasteiger partial charge on any atom is 0.228 e. The van der Waals surface area contributed by atoms with Crippen LogP contribution in [0.1, 0.15) is 32.6 Å². The molecule has 94 valence electrons. The largest absolute Gasteiger partial charge is 0.395 e. The van der Waals surface area contributed by atoms with Crippen LogP contribution in [0.25, 0.3) is 0 Å². The van der Waals surface area contributed by atoms with Gasteiger partial charge in [-0.3, -0.25) is 4.79 Å². The van der Waals surface area contributed by atoms with Gasteiger partial charge in [0, 0.05) is 19.7 Å². The Bertz CT molecular complexity index is 202. The van der Waals surface area contributed by atoms with Crippen LogP contribution in [0, 0.1) is 5.92 Å². The first kappa shape index (κ1) is 13.5. The molecule has 0 spiro atoms. The standard InChI is InChI=1S/C12H23NO3/c1-2-3-4-6-13(7-8-14)12(15)11-5-9-16-10-11/h11,14H,2-10H2,1H3. The molecule has 0 aromatic heterocycles. The number of carbonyl (C=O) groups is 1. The topological polar surface area (TPSA) is 49.8 Å². The van der Waals surface area contributed by atoms with E-state index in [0.29, 0.717) is 19.8 Å². The first-order chi connectivity index (χ1) is 7.79. The number of unbranched alkanes of at least 4 members (excludes halogenated alkanes) is 2. The van der Waals surface area contributed by atoms with Gasteiger partial charge in [-0.05, 0) is 12.8 Å². The van der Waals surface area contributed by atoms with Crippen molar-refractivity contribution in [1.29, 1.82) is 0 Å². The Balaban J connectivity index is 2.37. The van der Waals surface area contributed by atoms with Gasteiger partial charge in [0.1, 0.15) is 0 Å². The van der Waals surface area contributed by atoms with Gasteiger partial charge >= 0.3 is 0 Å². The molecule has 0 aliphatic carbocycles. The Morgan fingerprint density at radius 2 is 2.25 bits per heavy atom. The van der Waals surface area contributed by atoms with Gasteiger partial charge in [0.15, 0.2) is 0 Å². The molecule has 1 unspecified atom stereocenters. The highest BCUT2D eigenvalue weighted by Gasteiger charge is 2.27. The third-order valence-electron chi connectivity index (χ3n) is 2.99. The summed E-state index contributed by atoms with van der Waals surface area (Å²) in [4.78, 5) is 13.9. The minimum Gasteiger partial charge on any atom is -0.395 e. The molecule has 0 aromatic rings. The van der Waals surface area contributed by atoms with Gasteiger partial charge in [-0.1, -0.05) is 19.8 Å². The van der Waals surface area contributed by atoms with Crippen molar-refractivity contribution in [2.75, 3.05) is 32.9 Å². The molecule has 0 saturated carbocycles. The predicted octanol–water partition coefficient (Wildman–Crippen LogP) is 1.03. The lowest BCUT2D eigenvalue weighted by Gasteiger charge is -2.24. The van der Waals surface area contributed by atoms with E-state index in [4.69, 9.17) is 9.84 Å². The van der Waals surface area contributed by atoms with Crippen molar-refractivity contribution in [1.82, 2.24) is 4.90 Å². The number of rotatable bonds is 7. The molecule has 1 amide bonds. The number of nitrogens with zero attached hydrogens (tertiary/aromatic N) is 1. The smallest absolute Gasteiger partial charge is 0.228 e. The fourth-order valence-corrected chi connectivity index (χ4v) is 1.99. The lowest BCUT2D eigenvalue weighted by Crippen LogP contribution is -2.39.